The van der Waals surface area contributed by atoms with E-state index in [9.17, 15) is 9.59 Å². The second kappa shape index (κ2) is 6.72. The number of rotatable bonds is 5. The lowest BCUT2D eigenvalue weighted by molar-refractivity contribution is -0.126. The monoisotopic (exact) mass is 291 g/mol. The number of benzene rings is 1. The second-order valence-electron chi connectivity index (χ2n) is 6.37. The van der Waals surface area contributed by atoms with Gasteiger partial charge in [0.2, 0.25) is 11.8 Å². The highest BCUT2D eigenvalue weighted by Gasteiger charge is 2.30. The van der Waals surface area contributed by atoms with Crippen LogP contribution in [0.2, 0.25) is 0 Å². The predicted molar refractivity (Wildman–Crippen MR) is 83.5 cm³/mol. The third kappa shape index (κ3) is 5.55. The average molecular weight is 291 g/mol. The van der Waals surface area contributed by atoms with E-state index < -0.39 is 5.54 Å². The van der Waals surface area contributed by atoms with E-state index in [2.05, 4.69) is 10.6 Å². The summed E-state index contributed by atoms with van der Waals surface area (Å²) in [6.07, 6.45) is 0.230. The van der Waals surface area contributed by atoms with E-state index in [4.69, 9.17) is 5.73 Å². The molecule has 0 heterocycles. The van der Waals surface area contributed by atoms with Crippen LogP contribution in [0.4, 0.5) is 0 Å². The molecule has 0 aliphatic rings. The zero-order chi connectivity index (χ0) is 16.1. The van der Waals surface area contributed by atoms with Gasteiger partial charge in [-0.2, -0.15) is 0 Å². The summed E-state index contributed by atoms with van der Waals surface area (Å²) in [6.45, 7) is 7.66. The van der Waals surface area contributed by atoms with Gasteiger partial charge in [0.1, 0.15) is 5.54 Å². The molecule has 4 N–H and O–H groups in total. The van der Waals surface area contributed by atoms with Crippen LogP contribution in [-0.2, 0) is 15.1 Å². The molecule has 0 aliphatic heterocycles. The van der Waals surface area contributed by atoms with Gasteiger partial charge in [0, 0.05) is 18.5 Å². The Morgan fingerprint density at radius 1 is 1.10 bits per heavy atom. The molecule has 0 saturated heterocycles. The van der Waals surface area contributed by atoms with E-state index in [-0.39, 0.29) is 30.3 Å². The van der Waals surface area contributed by atoms with Crippen molar-refractivity contribution in [3.63, 3.8) is 0 Å². The smallest absolute Gasteiger partial charge is 0.244 e. The van der Waals surface area contributed by atoms with Gasteiger partial charge in [-0.15, -0.1) is 0 Å². The van der Waals surface area contributed by atoms with Crippen LogP contribution in [0, 0.1) is 0 Å². The van der Waals surface area contributed by atoms with Crippen molar-refractivity contribution in [3.8, 4) is 0 Å². The van der Waals surface area contributed by atoms with E-state index in [0.717, 1.165) is 5.56 Å². The van der Waals surface area contributed by atoms with E-state index in [1.165, 1.54) is 0 Å². The molecule has 5 heteroatoms. The summed E-state index contributed by atoms with van der Waals surface area (Å²) in [5.74, 6) is -0.390. The lowest BCUT2D eigenvalue weighted by Crippen LogP contribution is -2.50. The first kappa shape index (κ1) is 17.2. The maximum Gasteiger partial charge on any atom is 0.244 e. The van der Waals surface area contributed by atoms with Gasteiger partial charge in [0.25, 0.3) is 0 Å². The Kier molecular flexibility index (Phi) is 5.49. The molecule has 0 aliphatic carbocycles. The number of nitrogens with one attached hydrogen (secondary N) is 2. The third-order valence-corrected chi connectivity index (χ3v) is 3.00. The van der Waals surface area contributed by atoms with Crippen LogP contribution in [0.5, 0.6) is 0 Å². The van der Waals surface area contributed by atoms with Crippen molar-refractivity contribution in [2.24, 2.45) is 5.73 Å². The number of hydrogen-bond donors (Lipinski definition) is 3. The Bertz CT molecular complexity index is 490. The second-order valence-corrected chi connectivity index (χ2v) is 6.37. The zero-order valence-corrected chi connectivity index (χ0v) is 13.2. The molecule has 0 bridgehead atoms. The highest BCUT2D eigenvalue weighted by molar-refractivity contribution is 5.87. The summed E-state index contributed by atoms with van der Waals surface area (Å²) in [5.41, 5.74) is 5.45. The van der Waals surface area contributed by atoms with Gasteiger partial charge in [0.15, 0.2) is 0 Å². The molecule has 0 fully saturated rings. The predicted octanol–water partition coefficient (Wildman–Crippen LogP) is 1.28. The third-order valence-electron chi connectivity index (χ3n) is 3.00. The molecular formula is C16H25N3O2. The topological polar surface area (TPSA) is 84.2 Å². The molecule has 1 rings (SSSR count). The molecule has 1 aromatic carbocycles. The minimum atomic E-state index is -1.11. The van der Waals surface area contributed by atoms with Crippen LogP contribution < -0.4 is 16.4 Å². The molecule has 0 saturated carbocycles. The molecule has 0 radical (unpaired) electrons. The number of carbonyl (C=O) groups is 2. The van der Waals surface area contributed by atoms with E-state index in [0.29, 0.717) is 0 Å². The maximum absolute atomic E-state index is 12.2. The Morgan fingerprint density at radius 2 is 1.67 bits per heavy atom. The molecule has 0 spiro atoms. The van der Waals surface area contributed by atoms with Gasteiger partial charge in [0.05, 0.1) is 0 Å². The molecule has 21 heavy (non-hydrogen) atoms. The van der Waals surface area contributed by atoms with Crippen LogP contribution in [0.1, 0.15) is 39.7 Å². The van der Waals surface area contributed by atoms with Crippen LogP contribution in [-0.4, -0.2) is 23.9 Å². The Balaban J connectivity index is 2.49. The Hall–Kier alpha value is -1.88. The molecule has 1 unspecified atom stereocenters. The van der Waals surface area contributed by atoms with Gasteiger partial charge in [-0.25, -0.2) is 0 Å². The highest BCUT2D eigenvalue weighted by Crippen LogP contribution is 2.17. The molecular weight excluding hydrogens is 266 g/mol. The first-order valence-corrected chi connectivity index (χ1v) is 7.06. The quantitative estimate of drug-likeness (QED) is 0.764. The van der Waals surface area contributed by atoms with Gasteiger partial charge < -0.3 is 16.4 Å². The highest BCUT2D eigenvalue weighted by atomic mass is 16.2. The fourth-order valence-electron chi connectivity index (χ4n) is 1.87. The summed E-state index contributed by atoms with van der Waals surface area (Å²) in [4.78, 5) is 23.8. The molecule has 1 aromatic rings. The summed E-state index contributed by atoms with van der Waals surface area (Å²) in [6, 6.07) is 9.17. The van der Waals surface area contributed by atoms with Gasteiger partial charge in [-0.3, -0.25) is 9.59 Å². The number of hydrogen-bond acceptors (Lipinski definition) is 3. The average Bonchev–Trinajstić information content (AvgIpc) is 2.37. The summed E-state index contributed by atoms with van der Waals surface area (Å²) in [5, 5.41) is 5.56. The van der Waals surface area contributed by atoms with Crippen molar-refractivity contribution in [1.82, 2.24) is 10.6 Å². The van der Waals surface area contributed by atoms with E-state index in [1.807, 2.05) is 51.1 Å². The van der Waals surface area contributed by atoms with Crippen LogP contribution in [0.3, 0.4) is 0 Å². The van der Waals surface area contributed by atoms with E-state index >= 15 is 0 Å². The maximum atomic E-state index is 12.2. The van der Waals surface area contributed by atoms with Crippen molar-refractivity contribution < 1.29 is 9.59 Å². The van der Waals surface area contributed by atoms with Crippen molar-refractivity contribution in [2.75, 3.05) is 6.54 Å². The molecule has 0 aromatic heterocycles. The molecule has 5 nitrogen and oxygen atoms in total. The molecule has 116 valence electrons. The lowest BCUT2D eigenvalue weighted by atomic mass is 9.92. The number of carbonyl (C=O) groups excluding carboxylic acids is 2. The fourth-order valence-corrected chi connectivity index (χ4v) is 1.87. The molecule has 2 amide bonds. The first-order valence-electron chi connectivity index (χ1n) is 7.06. The van der Waals surface area contributed by atoms with Gasteiger partial charge in [-0.1, -0.05) is 30.3 Å². The van der Waals surface area contributed by atoms with Crippen molar-refractivity contribution >= 4 is 11.8 Å². The summed E-state index contributed by atoms with van der Waals surface area (Å²) >= 11 is 0. The Labute approximate surface area is 126 Å². The van der Waals surface area contributed by atoms with Gasteiger partial charge in [-0.05, 0) is 33.3 Å². The largest absolute Gasteiger partial charge is 0.354 e. The fraction of sp³-hybridized carbons (Fsp3) is 0.500. The zero-order valence-electron chi connectivity index (χ0n) is 13.2. The first-order chi connectivity index (χ1) is 9.63. The number of nitrogens with two attached hydrogens (primary N) is 1. The van der Waals surface area contributed by atoms with Crippen molar-refractivity contribution in [3.05, 3.63) is 35.9 Å². The van der Waals surface area contributed by atoms with E-state index in [1.54, 1.807) is 6.92 Å². The van der Waals surface area contributed by atoms with Gasteiger partial charge >= 0.3 is 0 Å². The standard InChI is InChI=1S/C16H25N3O2/c1-15(2,3)19-13(20)10-11-18-14(21)16(4,17)12-8-6-5-7-9-12/h5-9H,10-11,17H2,1-4H3,(H,18,21)(H,19,20). The van der Waals surface area contributed by atoms with Crippen molar-refractivity contribution in [2.45, 2.75) is 45.2 Å². The minimum absolute atomic E-state index is 0.0961. The SMILES string of the molecule is CC(C)(C)NC(=O)CCNC(=O)C(C)(N)c1ccccc1. The van der Waals surface area contributed by atoms with Crippen LogP contribution >= 0.6 is 0 Å². The normalized spacial score (nSPS) is 14.1. The Morgan fingerprint density at radius 3 is 2.19 bits per heavy atom. The van der Waals surface area contributed by atoms with Crippen LogP contribution in [0.15, 0.2) is 30.3 Å². The van der Waals surface area contributed by atoms with Crippen molar-refractivity contribution in [1.29, 1.82) is 0 Å². The summed E-state index contributed by atoms with van der Waals surface area (Å²) < 4.78 is 0. The van der Waals surface area contributed by atoms with Crippen LogP contribution in [0.25, 0.3) is 0 Å². The lowest BCUT2D eigenvalue weighted by Gasteiger charge is -2.24. The number of amides is 2. The molecule has 1 atom stereocenters. The minimum Gasteiger partial charge on any atom is -0.354 e. The summed E-state index contributed by atoms with van der Waals surface area (Å²) in [7, 11) is 0.